The maximum absolute atomic E-state index is 5.15. The first-order chi connectivity index (χ1) is 8.38. The Bertz CT molecular complexity index is 314. The summed E-state index contributed by atoms with van der Waals surface area (Å²) >= 11 is 0. The van der Waals surface area contributed by atoms with Crippen molar-refractivity contribution in [2.24, 2.45) is 0 Å². The molecule has 0 bridgehead atoms. The first kappa shape index (κ1) is 12.4. The summed E-state index contributed by atoms with van der Waals surface area (Å²) in [5.41, 5.74) is 1.40. The average Bonchev–Trinajstić information content (AvgIpc) is 2.88. The molecule has 2 nitrogen and oxygen atoms in total. The van der Waals surface area contributed by atoms with E-state index in [9.17, 15) is 0 Å². The van der Waals surface area contributed by atoms with E-state index >= 15 is 0 Å². The number of rotatable bonds is 6. The molecule has 1 aliphatic carbocycles. The number of hydrogen-bond donors (Lipinski definition) is 1. The molecule has 0 heterocycles. The minimum atomic E-state index is 0.797. The van der Waals surface area contributed by atoms with Crippen LogP contribution in [0, 0.1) is 0 Å². The van der Waals surface area contributed by atoms with E-state index in [1.807, 2.05) is 12.1 Å². The second-order valence-corrected chi connectivity index (χ2v) is 4.89. The number of methoxy groups -OCH3 is 1. The number of ether oxygens (including phenoxy) is 1. The molecular formula is C15H23NO. The van der Waals surface area contributed by atoms with Gasteiger partial charge < -0.3 is 10.1 Å². The molecule has 2 rings (SSSR count). The first-order valence-corrected chi connectivity index (χ1v) is 6.75. The molecule has 2 heteroatoms. The zero-order valence-corrected chi connectivity index (χ0v) is 10.7. The highest BCUT2D eigenvalue weighted by Gasteiger charge is 2.13. The summed E-state index contributed by atoms with van der Waals surface area (Å²) in [4.78, 5) is 0. The van der Waals surface area contributed by atoms with Crippen molar-refractivity contribution in [2.45, 2.75) is 44.6 Å². The fourth-order valence-corrected chi connectivity index (χ4v) is 2.52. The average molecular weight is 233 g/mol. The molecule has 94 valence electrons. The van der Waals surface area contributed by atoms with Gasteiger partial charge in [0.2, 0.25) is 0 Å². The first-order valence-electron chi connectivity index (χ1n) is 6.75. The van der Waals surface area contributed by atoms with Crippen LogP contribution in [-0.2, 0) is 6.42 Å². The molecule has 1 aromatic rings. The molecule has 0 atom stereocenters. The van der Waals surface area contributed by atoms with Gasteiger partial charge in [-0.1, -0.05) is 25.0 Å². The monoisotopic (exact) mass is 233 g/mol. The summed E-state index contributed by atoms with van der Waals surface area (Å²) < 4.78 is 5.15. The maximum Gasteiger partial charge on any atom is 0.118 e. The smallest absolute Gasteiger partial charge is 0.118 e. The summed E-state index contributed by atoms with van der Waals surface area (Å²) in [5, 5.41) is 3.65. The molecule has 0 spiro atoms. The predicted octanol–water partition coefficient (Wildman–Crippen LogP) is 3.16. The van der Waals surface area contributed by atoms with Crippen molar-refractivity contribution in [1.82, 2.24) is 5.32 Å². The van der Waals surface area contributed by atoms with Gasteiger partial charge in [-0.15, -0.1) is 0 Å². The van der Waals surface area contributed by atoms with Crippen molar-refractivity contribution in [2.75, 3.05) is 13.7 Å². The molecule has 1 fully saturated rings. The predicted molar refractivity (Wildman–Crippen MR) is 71.6 cm³/mol. The van der Waals surface area contributed by atoms with Crippen molar-refractivity contribution < 1.29 is 4.74 Å². The maximum atomic E-state index is 5.15. The van der Waals surface area contributed by atoms with Gasteiger partial charge in [0.1, 0.15) is 5.75 Å². The van der Waals surface area contributed by atoms with E-state index in [1.54, 1.807) is 7.11 Å². The van der Waals surface area contributed by atoms with Crippen LogP contribution in [0.3, 0.4) is 0 Å². The highest BCUT2D eigenvalue weighted by atomic mass is 16.5. The van der Waals surface area contributed by atoms with Crippen LogP contribution >= 0.6 is 0 Å². The molecule has 1 N–H and O–H groups in total. The van der Waals surface area contributed by atoms with Crippen LogP contribution in [-0.4, -0.2) is 19.7 Å². The van der Waals surface area contributed by atoms with Gasteiger partial charge >= 0.3 is 0 Å². The molecule has 1 saturated carbocycles. The van der Waals surface area contributed by atoms with Crippen LogP contribution in [0.4, 0.5) is 0 Å². The summed E-state index contributed by atoms with van der Waals surface area (Å²) in [6.07, 6.45) is 7.96. The van der Waals surface area contributed by atoms with Crippen molar-refractivity contribution in [3.63, 3.8) is 0 Å². The number of benzene rings is 1. The molecular weight excluding hydrogens is 210 g/mol. The van der Waals surface area contributed by atoms with Gasteiger partial charge in [0.15, 0.2) is 0 Å². The van der Waals surface area contributed by atoms with Crippen LogP contribution < -0.4 is 10.1 Å². The van der Waals surface area contributed by atoms with Crippen LogP contribution in [0.2, 0.25) is 0 Å². The largest absolute Gasteiger partial charge is 0.497 e. The standard InChI is InChI=1S/C15H23NO/c1-17-15-10-8-13(9-11-15)5-4-12-16-14-6-2-3-7-14/h8-11,14,16H,2-7,12H2,1H3. The Morgan fingerprint density at radius 1 is 1.18 bits per heavy atom. The Morgan fingerprint density at radius 2 is 1.88 bits per heavy atom. The second kappa shape index (κ2) is 6.65. The molecule has 17 heavy (non-hydrogen) atoms. The van der Waals surface area contributed by atoms with Crippen LogP contribution in [0.15, 0.2) is 24.3 Å². The van der Waals surface area contributed by atoms with Gasteiger partial charge in [-0.05, 0) is 49.9 Å². The Balaban J connectivity index is 1.63. The van der Waals surface area contributed by atoms with Crippen LogP contribution in [0.25, 0.3) is 0 Å². The zero-order chi connectivity index (χ0) is 11.9. The van der Waals surface area contributed by atoms with Crippen molar-refractivity contribution in [3.8, 4) is 5.75 Å². The van der Waals surface area contributed by atoms with E-state index in [0.29, 0.717) is 0 Å². The van der Waals surface area contributed by atoms with Gasteiger partial charge in [-0.2, -0.15) is 0 Å². The fraction of sp³-hybridized carbons (Fsp3) is 0.600. The topological polar surface area (TPSA) is 21.3 Å². The lowest BCUT2D eigenvalue weighted by Crippen LogP contribution is -2.27. The Morgan fingerprint density at radius 3 is 2.53 bits per heavy atom. The van der Waals surface area contributed by atoms with E-state index in [1.165, 1.54) is 37.7 Å². The third-order valence-corrected chi connectivity index (χ3v) is 3.59. The minimum absolute atomic E-state index is 0.797. The lowest BCUT2D eigenvalue weighted by Gasteiger charge is -2.11. The molecule has 1 aromatic carbocycles. The fourth-order valence-electron chi connectivity index (χ4n) is 2.52. The molecule has 0 saturated heterocycles. The molecule has 1 aliphatic rings. The lowest BCUT2D eigenvalue weighted by atomic mass is 10.1. The molecule has 0 aromatic heterocycles. The lowest BCUT2D eigenvalue weighted by molar-refractivity contribution is 0.414. The Kier molecular flexibility index (Phi) is 4.87. The third-order valence-electron chi connectivity index (χ3n) is 3.59. The second-order valence-electron chi connectivity index (χ2n) is 4.89. The van der Waals surface area contributed by atoms with E-state index in [0.717, 1.165) is 24.8 Å². The van der Waals surface area contributed by atoms with Crippen molar-refractivity contribution in [1.29, 1.82) is 0 Å². The minimum Gasteiger partial charge on any atom is -0.497 e. The van der Waals surface area contributed by atoms with E-state index in [-0.39, 0.29) is 0 Å². The Labute approximate surface area is 104 Å². The van der Waals surface area contributed by atoms with E-state index < -0.39 is 0 Å². The van der Waals surface area contributed by atoms with Gasteiger partial charge in [0, 0.05) is 6.04 Å². The molecule has 0 amide bonds. The molecule has 0 unspecified atom stereocenters. The van der Waals surface area contributed by atoms with Crippen molar-refractivity contribution >= 4 is 0 Å². The number of nitrogens with one attached hydrogen (secondary N) is 1. The summed E-state index contributed by atoms with van der Waals surface area (Å²) in [7, 11) is 1.71. The highest BCUT2D eigenvalue weighted by molar-refractivity contribution is 5.27. The number of hydrogen-bond acceptors (Lipinski definition) is 2. The van der Waals surface area contributed by atoms with Gasteiger partial charge in [-0.3, -0.25) is 0 Å². The van der Waals surface area contributed by atoms with Crippen LogP contribution in [0.1, 0.15) is 37.7 Å². The molecule has 0 radical (unpaired) electrons. The van der Waals surface area contributed by atoms with Crippen LogP contribution in [0.5, 0.6) is 5.75 Å². The summed E-state index contributed by atoms with van der Waals surface area (Å²) in [6, 6.07) is 9.20. The van der Waals surface area contributed by atoms with Gasteiger partial charge in [-0.25, -0.2) is 0 Å². The third kappa shape index (κ3) is 4.04. The van der Waals surface area contributed by atoms with Gasteiger partial charge in [0.05, 0.1) is 7.11 Å². The van der Waals surface area contributed by atoms with Gasteiger partial charge in [0.25, 0.3) is 0 Å². The summed E-state index contributed by atoms with van der Waals surface area (Å²) in [5.74, 6) is 0.942. The highest BCUT2D eigenvalue weighted by Crippen LogP contribution is 2.17. The number of aryl methyl sites for hydroxylation is 1. The Hall–Kier alpha value is -1.02. The van der Waals surface area contributed by atoms with E-state index in [2.05, 4.69) is 17.4 Å². The quantitative estimate of drug-likeness (QED) is 0.762. The summed E-state index contributed by atoms with van der Waals surface area (Å²) in [6.45, 7) is 1.15. The normalized spacial score (nSPS) is 16.3. The zero-order valence-electron chi connectivity index (χ0n) is 10.7. The molecule has 0 aliphatic heterocycles. The SMILES string of the molecule is COc1ccc(CCCNC2CCCC2)cc1. The van der Waals surface area contributed by atoms with Crippen molar-refractivity contribution in [3.05, 3.63) is 29.8 Å². The van der Waals surface area contributed by atoms with E-state index in [4.69, 9.17) is 4.74 Å².